The van der Waals surface area contributed by atoms with Crippen molar-refractivity contribution < 1.29 is 9.90 Å². The summed E-state index contributed by atoms with van der Waals surface area (Å²) in [5.74, 6) is 0.0896. The lowest BCUT2D eigenvalue weighted by atomic mass is 9.93. The van der Waals surface area contributed by atoms with Gasteiger partial charge in [-0.3, -0.25) is 0 Å². The highest BCUT2D eigenvalue weighted by molar-refractivity contribution is 5.74. The highest BCUT2D eigenvalue weighted by atomic mass is 16.3. The zero-order valence-electron chi connectivity index (χ0n) is 14.6. The largest absolute Gasteiger partial charge is 0.393 e. The van der Waals surface area contributed by atoms with E-state index < -0.39 is 6.10 Å². The molecular weight excluding hydrogens is 312 g/mol. The van der Waals surface area contributed by atoms with Crippen molar-refractivity contribution in [1.82, 2.24) is 10.6 Å². The Bertz CT molecular complexity index is 654. The first kappa shape index (κ1) is 18.7. The molecule has 0 heterocycles. The molecule has 0 aromatic heterocycles. The highest BCUT2D eigenvalue weighted by Crippen LogP contribution is 2.20. The van der Waals surface area contributed by atoms with Gasteiger partial charge < -0.3 is 15.7 Å². The summed E-state index contributed by atoms with van der Waals surface area (Å²) in [7, 11) is 0. The second kappa shape index (κ2) is 10.3. The molecule has 0 spiro atoms. The van der Waals surface area contributed by atoms with E-state index in [0.717, 1.165) is 11.1 Å². The van der Waals surface area contributed by atoms with Crippen molar-refractivity contribution in [3.63, 3.8) is 0 Å². The zero-order chi connectivity index (χ0) is 17.9. The van der Waals surface area contributed by atoms with Crippen molar-refractivity contribution in [2.45, 2.75) is 25.4 Å². The molecule has 0 aliphatic heterocycles. The minimum atomic E-state index is -0.413. The van der Waals surface area contributed by atoms with Crippen LogP contribution in [-0.2, 0) is 0 Å². The fourth-order valence-electron chi connectivity index (χ4n) is 2.66. The van der Waals surface area contributed by atoms with Crippen LogP contribution in [0.2, 0.25) is 0 Å². The van der Waals surface area contributed by atoms with Crippen molar-refractivity contribution in [1.29, 1.82) is 0 Å². The number of carbonyl (C=O) groups excluding carboxylic acids is 1. The van der Waals surface area contributed by atoms with Gasteiger partial charge in [0, 0.05) is 19.0 Å². The van der Waals surface area contributed by atoms with Crippen LogP contribution in [0.3, 0.4) is 0 Å². The monoisotopic (exact) mass is 338 g/mol. The number of carbonyl (C=O) groups is 1. The van der Waals surface area contributed by atoms with Gasteiger partial charge in [0.1, 0.15) is 0 Å². The third-order valence-electron chi connectivity index (χ3n) is 3.90. The van der Waals surface area contributed by atoms with Crippen LogP contribution in [0.5, 0.6) is 0 Å². The molecule has 0 saturated carbocycles. The second-order valence-corrected chi connectivity index (χ2v) is 6.10. The van der Waals surface area contributed by atoms with Crippen molar-refractivity contribution in [3.8, 4) is 0 Å². The van der Waals surface area contributed by atoms with Crippen LogP contribution in [0.4, 0.5) is 4.79 Å². The summed E-state index contributed by atoms with van der Waals surface area (Å²) in [6, 6.07) is 19.7. The third kappa shape index (κ3) is 7.23. The van der Waals surface area contributed by atoms with Gasteiger partial charge in [0.2, 0.25) is 0 Å². The van der Waals surface area contributed by atoms with Crippen LogP contribution in [0.15, 0.2) is 66.7 Å². The van der Waals surface area contributed by atoms with E-state index in [-0.39, 0.29) is 11.9 Å². The molecule has 0 fully saturated rings. The van der Waals surface area contributed by atoms with Crippen molar-refractivity contribution >= 4 is 12.1 Å². The fraction of sp³-hybridized carbons (Fsp3) is 0.286. The zero-order valence-corrected chi connectivity index (χ0v) is 14.6. The van der Waals surface area contributed by atoms with Gasteiger partial charge in [0.25, 0.3) is 0 Å². The third-order valence-corrected chi connectivity index (χ3v) is 3.90. The molecular formula is C21H26N2O2. The first-order valence-electron chi connectivity index (χ1n) is 8.61. The number of rotatable bonds is 8. The van der Waals surface area contributed by atoms with Crippen LogP contribution in [0, 0.1) is 0 Å². The maximum Gasteiger partial charge on any atom is 0.315 e. The molecule has 4 heteroatoms. The summed E-state index contributed by atoms with van der Waals surface area (Å²) >= 11 is 0. The fourth-order valence-corrected chi connectivity index (χ4v) is 2.66. The summed E-state index contributed by atoms with van der Waals surface area (Å²) in [6.45, 7) is 2.72. The number of hydrogen-bond acceptors (Lipinski definition) is 2. The van der Waals surface area contributed by atoms with E-state index in [1.807, 2.05) is 72.8 Å². The van der Waals surface area contributed by atoms with Crippen LogP contribution < -0.4 is 10.6 Å². The Kier molecular flexibility index (Phi) is 7.73. The molecule has 0 saturated heterocycles. The molecule has 2 atom stereocenters. The molecule has 2 aromatic carbocycles. The summed E-state index contributed by atoms with van der Waals surface area (Å²) in [5, 5.41) is 15.4. The average molecular weight is 338 g/mol. The van der Waals surface area contributed by atoms with Crippen LogP contribution in [-0.4, -0.2) is 30.3 Å². The van der Waals surface area contributed by atoms with E-state index in [1.54, 1.807) is 6.92 Å². The summed E-state index contributed by atoms with van der Waals surface area (Å²) < 4.78 is 0. The Labute approximate surface area is 149 Å². The Morgan fingerprint density at radius 2 is 1.68 bits per heavy atom. The van der Waals surface area contributed by atoms with E-state index in [1.165, 1.54) is 0 Å². The van der Waals surface area contributed by atoms with Gasteiger partial charge in [0.05, 0.1) is 6.10 Å². The summed E-state index contributed by atoms with van der Waals surface area (Å²) in [4.78, 5) is 12.0. The minimum Gasteiger partial charge on any atom is -0.393 e. The molecule has 3 N–H and O–H groups in total. The Morgan fingerprint density at radius 3 is 2.32 bits per heavy atom. The Hall–Kier alpha value is -2.59. The topological polar surface area (TPSA) is 61.4 Å². The highest BCUT2D eigenvalue weighted by Gasteiger charge is 2.15. The summed E-state index contributed by atoms with van der Waals surface area (Å²) in [5.41, 5.74) is 2.22. The predicted octanol–water partition coefficient (Wildman–Crippen LogP) is 3.55. The van der Waals surface area contributed by atoms with Gasteiger partial charge in [-0.25, -0.2) is 4.79 Å². The molecule has 0 radical (unpaired) electrons. The number of hydrogen-bond donors (Lipinski definition) is 3. The van der Waals surface area contributed by atoms with Gasteiger partial charge in [-0.15, -0.1) is 0 Å². The van der Waals surface area contributed by atoms with E-state index in [9.17, 15) is 9.90 Å². The van der Waals surface area contributed by atoms with Gasteiger partial charge >= 0.3 is 6.03 Å². The number of urea groups is 1. The first-order valence-corrected chi connectivity index (χ1v) is 8.61. The van der Waals surface area contributed by atoms with E-state index in [4.69, 9.17) is 0 Å². The summed E-state index contributed by atoms with van der Waals surface area (Å²) in [6.07, 6.45) is 4.09. The first-order chi connectivity index (χ1) is 12.1. The van der Waals surface area contributed by atoms with Crippen molar-refractivity contribution in [2.75, 3.05) is 13.1 Å². The standard InChI is InChI=1S/C21H26N2O2/c1-17(24)15-20(19-12-6-3-7-13-19)16-23-21(25)22-14-8-11-18-9-4-2-5-10-18/h2-13,17,20,24H,14-16H2,1H3,(H2,22,23,25)/b11-8+. The van der Waals surface area contributed by atoms with E-state index in [0.29, 0.717) is 19.5 Å². The number of amides is 2. The van der Waals surface area contributed by atoms with Gasteiger partial charge in [-0.1, -0.05) is 72.8 Å². The van der Waals surface area contributed by atoms with E-state index >= 15 is 0 Å². The SMILES string of the molecule is CC(O)CC(CNC(=O)NC/C=C/c1ccccc1)c1ccccc1. The van der Waals surface area contributed by atoms with Crippen LogP contribution in [0.25, 0.3) is 6.08 Å². The van der Waals surface area contributed by atoms with Crippen molar-refractivity contribution in [3.05, 3.63) is 77.9 Å². The number of aliphatic hydroxyl groups is 1. The van der Waals surface area contributed by atoms with Crippen molar-refractivity contribution in [2.24, 2.45) is 0 Å². The minimum absolute atomic E-state index is 0.0896. The second-order valence-electron chi connectivity index (χ2n) is 6.10. The molecule has 0 aliphatic carbocycles. The lowest BCUT2D eigenvalue weighted by molar-refractivity contribution is 0.173. The molecule has 2 aromatic rings. The normalized spacial score (nSPS) is 13.4. The van der Waals surface area contributed by atoms with Crippen LogP contribution in [0.1, 0.15) is 30.4 Å². The quantitative estimate of drug-likeness (QED) is 0.689. The Balaban J connectivity index is 1.77. The number of nitrogens with one attached hydrogen (secondary N) is 2. The predicted molar refractivity (Wildman–Crippen MR) is 102 cm³/mol. The molecule has 4 nitrogen and oxygen atoms in total. The van der Waals surface area contributed by atoms with Crippen LogP contribution >= 0.6 is 0 Å². The molecule has 25 heavy (non-hydrogen) atoms. The Morgan fingerprint density at radius 1 is 1.04 bits per heavy atom. The van der Waals surface area contributed by atoms with Gasteiger partial charge in [0.15, 0.2) is 0 Å². The smallest absolute Gasteiger partial charge is 0.315 e. The molecule has 132 valence electrons. The lowest BCUT2D eigenvalue weighted by Gasteiger charge is -2.19. The number of aliphatic hydroxyl groups excluding tert-OH is 1. The molecule has 0 bridgehead atoms. The molecule has 2 unspecified atom stereocenters. The number of benzene rings is 2. The maximum atomic E-state index is 12.0. The lowest BCUT2D eigenvalue weighted by Crippen LogP contribution is -2.38. The molecule has 2 amide bonds. The van der Waals surface area contributed by atoms with Gasteiger partial charge in [-0.05, 0) is 24.5 Å². The average Bonchev–Trinajstić information content (AvgIpc) is 2.63. The molecule has 0 aliphatic rings. The molecule has 2 rings (SSSR count). The van der Waals surface area contributed by atoms with E-state index in [2.05, 4.69) is 10.6 Å². The maximum absolute atomic E-state index is 12.0. The van der Waals surface area contributed by atoms with Gasteiger partial charge in [-0.2, -0.15) is 0 Å².